The molecule has 1 N–H and O–H groups in total. The Bertz CT molecular complexity index is 394. The van der Waals surface area contributed by atoms with Gasteiger partial charge in [-0.25, -0.2) is 4.31 Å². The van der Waals surface area contributed by atoms with Gasteiger partial charge in [-0.05, 0) is 6.92 Å². The van der Waals surface area contributed by atoms with Crippen molar-refractivity contribution in [3.63, 3.8) is 0 Å². The Hall–Kier alpha value is -0.740. The lowest BCUT2D eigenvalue weighted by Gasteiger charge is -2.31. The monoisotopic (exact) mass is 310 g/mol. The fourth-order valence-electron chi connectivity index (χ4n) is 1.80. The summed E-state index contributed by atoms with van der Waals surface area (Å²) in [6, 6.07) is 0. The average Bonchev–Trinajstić information content (AvgIpc) is 2.45. The van der Waals surface area contributed by atoms with Crippen molar-refractivity contribution in [3.05, 3.63) is 0 Å². The number of ether oxygens (including phenoxy) is 2. The number of amides is 1. The molecule has 1 aliphatic rings. The van der Waals surface area contributed by atoms with E-state index in [1.165, 1.54) is 4.31 Å². The van der Waals surface area contributed by atoms with E-state index in [0.717, 1.165) is 4.31 Å². The van der Waals surface area contributed by atoms with Crippen LogP contribution in [0.5, 0.6) is 0 Å². The molecule has 0 saturated carbocycles. The first-order valence-electron chi connectivity index (χ1n) is 6.61. The molecule has 0 unspecified atom stereocenters. The zero-order chi connectivity index (χ0) is 15.0. The van der Waals surface area contributed by atoms with Gasteiger partial charge in [-0.15, -0.1) is 0 Å². The molecule has 1 amide bonds. The van der Waals surface area contributed by atoms with Gasteiger partial charge in [0.15, 0.2) is 0 Å². The van der Waals surface area contributed by atoms with Crippen molar-refractivity contribution in [3.8, 4) is 0 Å². The van der Waals surface area contributed by atoms with Gasteiger partial charge in [0.05, 0.1) is 39.4 Å². The van der Waals surface area contributed by atoms with Gasteiger partial charge in [0.1, 0.15) is 0 Å². The minimum atomic E-state index is -3.90. The second-order valence-electron chi connectivity index (χ2n) is 4.16. The number of morpholine rings is 1. The number of aliphatic hydroxyl groups is 1. The Morgan fingerprint density at radius 2 is 2.05 bits per heavy atom. The summed E-state index contributed by atoms with van der Waals surface area (Å²) in [6.07, 6.45) is -0.0303. The number of carbonyl (C=O) groups excluding carboxylic acids is 1. The van der Waals surface area contributed by atoms with Crippen LogP contribution in [0.15, 0.2) is 0 Å². The minimum absolute atomic E-state index is 0.0303. The lowest BCUT2D eigenvalue weighted by Crippen LogP contribution is -2.51. The van der Waals surface area contributed by atoms with Gasteiger partial charge in [-0.3, -0.25) is 4.79 Å². The highest BCUT2D eigenvalue weighted by Gasteiger charge is 2.33. The number of hydrogen-bond donors (Lipinski definition) is 1. The van der Waals surface area contributed by atoms with Crippen molar-refractivity contribution in [1.82, 2.24) is 8.61 Å². The summed E-state index contributed by atoms with van der Waals surface area (Å²) in [5.41, 5.74) is 0. The third-order valence-electron chi connectivity index (χ3n) is 2.82. The van der Waals surface area contributed by atoms with Crippen molar-refractivity contribution in [1.29, 1.82) is 0 Å². The normalized spacial score (nSPS) is 17.1. The molecule has 0 spiro atoms. The lowest BCUT2D eigenvalue weighted by atomic mass is 10.4. The highest BCUT2D eigenvalue weighted by molar-refractivity contribution is 7.87. The number of aliphatic hydroxyl groups excluding tert-OH is 1. The first kappa shape index (κ1) is 17.3. The van der Waals surface area contributed by atoms with E-state index in [2.05, 4.69) is 0 Å². The molecular formula is C11H22N2O6S. The predicted molar refractivity (Wildman–Crippen MR) is 71.2 cm³/mol. The van der Waals surface area contributed by atoms with Crippen LogP contribution in [0.4, 0.5) is 0 Å². The Kier molecular flexibility index (Phi) is 7.38. The van der Waals surface area contributed by atoms with Crippen molar-refractivity contribution in [2.75, 3.05) is 52.7 Å². The van der Waals surface area contributed by atoms with Crippen LogP contribution in [0.2, 0.25) is 0 Å². The zero-order valence-corrected chi connectivity index (χ0v) is 12.5. The van der Waals surface area contributed by atoms with Gasteiger partial charge in [0.2, 0.25) is 5.91 Å². The van der Waals surface area contributed by atoms with Crippen LogP contribution in [-0.4, -0.2) is 80.7 Å². The summed E-state index contributed by atoms with van der Waals surface area (Å²) in [5, 5.41) is 8.99. The van der Waals surface area contributed by atoms with Crippen LogP contribution in [0.3, 0.4) is 0 Å². The quantitative estimate of drug-likeness (QED) is 0.566. The van der Waals surface area contributed by atoms with Crippen molar-refractivity contribution in [2.24, 2.45) is 0 Å². The summed E-state index contributed by atoms with van der Waals surface area (Å²) in [4.78, 5) is 12.0. The third-order valence-corrected chi connectivity index (χ3v) is 4.78. The molecule has 0 aromatic carbocycles. The first-order valence-corrected chi connectivity index (χ1v) is 8.00. The fourth-order valence-corrected chi connectivity index (χ4v) is 3.36. The Balaban J connectivity index is 2.74. The molecule has 9 heteroatoms. The Morgan fingerprint density at radius 1 is 1.40 bits per heavy atom. The molecule has 1 rings (SSSR count). The van der Waals surface area contributed by atoms with Crippen LogP contribution >= 0.6 is 0 Å². The summed E-state index contributed by atoms with van der Waals surface area (Å²) < 4.78 is 36.8. The van der Waals surface area contributed by atoms with Crippen molar-refractivity contribution < 1.29 is 27.8 Å². The van der Waals surface area contributed by atoms with Crippen LogP contribution in [0.25, 0.3) is 0 Å². The standard InChI is InChI=1S/C11H22N2O6S/c1-2-18-8-3-11(15)13(4-7-14)20(16,17)12-5-9-19-10-6-12/h14H,2-10H2,1H3. The molecule has 1 fully saturated rings. The van der Waals surface area contributed by atoms with Crippen molar-refractivity contribution in [2.45, 2.75) is 13.3 Å². The smallest absolute Gasteiger partial charge is 0.306 e. The summed E-state index contributed by atoms with van der Waals surface area (Å²) in [5.74, 6) is -0.570. The molecule has 20 heavy (non-hydrogen) atoms. The number of rotatable bonds is 8. The first-order chi connectivity index (χ1) is 9.54. The second kappa shape index (κ2) is 8.53. The van der Waals surface area contributed by atoms with Crippen LogP contribution in [-0.2, 0) is 24.5 Å². The maximum Gasteiger partial charge on any atom is 0.306 e. The van der Waals surface area contributed by atoms with Gasteiger partial charge in [-0.2, -0.15) is 12.7 Å². The molecule has 0 aromatic heterocycles. The molecule has 1 saturated heterocycles. The second-order valence-corrected chi connectivity index (χ2v) is 6.01. The van der Waals surface area contributed by atoms with Gasteiger partial charge < -0.3 is 14.6 Å². The average molecular weight is 310 g/mol. The van der Waals surface area contributed by atoms with E-state index >= 15 is 0 Å². The highest BCUT2D eigenvalue weighted by atomic mass is 32.2. The van der Waals surface area contributed by atoms with E-state index in [1.54, 1.807) is 6.92 Å². The third kappa shape index (κ3) is 4.67. The van der Waals surface area contributed by atoms with Crippen molar-refractivity contribution >= 4 is 16.1 Å². The number of hydrogen-bond acceptors (Lipinski definition) is 6. The van der Waals surface area contributed by atoms with E-state index in [1.807, 2.05) is 0 Å². The molecule has 0 aliphatic carbocycles. The van der Waals surface area contributed by atoms with E-state index < -0.39 is 22.7 Å². The van der Waals surface area contributed by atoms with Crippen LogP contribution in [0, 0.1) is 0 Å². The topological polar surface area (TPSA) is 96.4 Å². The summed E-state index contributed by atoms with van der Waals surface area (Å²) in [6.45, 7) is 2.79. The van der Waals surface area contributed by atoms with Gasteiger partial charge in [0, 0.05) is 19.7 Å². The molecule has 0 aromatic rings. The predicted octanol–water partition coefficient (Wildman–Crippen LogP) is -1.19. The zero-order valence-electron chi connectivity index (χ0n) is 11.7. The van der Waals surface area contributed by atoms with Gasteiger partial charge in [0.25, 0.3) is 0 Å². The van der Waals surface area contributed by atoms with Gasteiger partial charge >= 0.3 is 10.2 Å². The van der Waals surface area contributed by atoms with E-state index in [4.69, 9.17) is 14.6 Å². The fraction of sp³-hybridized carbons (Fsp3) is 0.909. The Labute approximate surface area is 119 Å². The van der Waals surface area contributed by atoms with E-state index in [0.29, 0.717) is 19.8 Å². The molecular weight excluding hydrogens is 288 g/mol. The molecule has 1 heterocycles. The van der Waals surface area contributed by atoms with Crippen LogP contribution in [0.1, 0.15) is 13.3 Å². The highest BCUT2D eigenvalue weighted by Crippen LogP contribution is 2.12. The molecule has 0 bridgehead atoms. The minimum Gasteiger partial charge on any atom is -0.394 e. The van der Waals surface area contributed by atoms with E-state index in [9.17, 15) is 13.2 Å². The largest absolute Gasteiger partial charge is 0.394 e. The SMILES string of the molecule is CCOCCC(=O)N(CCO)S(=O)(=O)N1CCOCC1. The maximum absolute atomic E-state index is 12.4. The Morgan fingerprint density at radius 3 is 2.60 bits per heavy atom. The molecule has 8 nitrogen and oxygen atoms in total. The molecule has 0 radical (unpaired) electrons. The van der Waals surface area contributed by atoms with E-state index in [-0.39, 0.29) is 32.7 Å². The maximum atomic E-state index is 12.4. The molecule has 1 aliphatic heterocycles. The molecule has 118 valence electrons. The number of nitrogens with zero attached hydrogens (tertiary/aromatic N) is 2. The molecule has 0 atom stereocenters. The van der Waals surface area contributed by atoms with Crippen LogP contribution < -0.4 is 0 Å². The van der Waals surface area contributed by atoms with Gasteiger partial charge in [-0.1, -0.05) is 0 Å². The summed E-state index contributed by atoms with van der Waals surface area (Å²) >= 11 is 0. The summed E-state index contributed by atoms with van der Waals surface area (Å²) in [7, 11) is -3.90. The number of carbonyl (C=O) groups is 1. The lowest BCUT2D eigenvalue weighted by molar-refractivity contribution is -0.128.